The highest BCUT2D eigenvalue weighted by atomic mass is 32.1. The maximum absolute atomic E-state index is 12.9. The fourth-order valence-corrected chi connectivity index (χ4v) is 4.59. The molecule has 0 atom stereocenters. The van der Waals surface area contributed by atoms with E-state index in [0.717, 1.165) is 42.8 Å². The Kier molecular flexibility index (Phi) is 4.54. The number of benzene rings is 4. The van der Waals surface area contributed by atoms with Crippen molar-refractivity contribution in [3.8, 4) is 10.6 Å². The van der Waals surface area contributed by atoms with Crippen molar-refractivity contribution in [2.45, 2.75) is 6.42 Å². The predicted molar refractivity (Wildman–Crippen MR) is 121 cm³/mol. The first kappa shape index (κ1) is 17.6. The zero-order chi connectivity index (χ0) is 19.6. The molecule has 0 saturated carbocycles. The predicted octanol–water partition coefficient (Wildman–Crippen LogP) is 6.30. The van der Waals surface area contributed by atoms with Crippen LogP contribution in [0.5, 0.6) is 0 Å². The van der Waals surface area contributed by atoms with E-state index in [1.54, 1.807) is 11.3 Å². The maximum atomic E-state index is 12.9. The molecule has 3 nitrogen and oxygen atoms in total. The van der Waals surface area contributed by atoms with Gasteiger partial charge in [-0.15, -0.1) is 11.3 Å². The molecular formula is C25H18N2OS. The van der Waals surface area contributed by atoms with E-state index in [4.69, 9.17) is 4.98 Å². The number of nitrogens with one attached hydrogen (secondary N) is 1. The molecule has 0 spiro atoms. The molecule has 140 valence electrons. The van der Waals surface area contributed by atoms with E-state index in [-0.39, 0.29) is 5.91 Å². The minimum Gasteiger partial charge on any atom is -0.325 e. The van der Waals surface area contributed by atoms with Gasteiger partial charge in [-0.2, -0.15) is 0 Å². The van der Waals surface area contributed by atoms with E-state index in [1.807, 2.05) is 66.7 Å². The topological polar surface area (TPSA) is 42.0 Å². The van der Waals surface area contributed by atoms with Gasteiger partial charge in [-0.1, -0.05) is 66.7 Å². The molecule has 0 aliphatic carbocycles. The molecule has 0 aliphatic rings. The van der Waals surface area contributed by atoms with Gasteiger partial charge in [0, 0.05) is 5.56 Å². The summed E-state index contributed by atoms with van der Waals surface area (Å²) < 4.78 is 1.14. The van der Waals surface area contributed by atoms with Crippen molar-refractivity contribution >= 4 is 43.9 Å². The number of amides is 1. The van der Waals surface area contributed by atoms with Crippen LogP contribution in [0.3, 0.4) is 0 Å². The number of hydrogen-bond acceptors (Lipinski definition) is 3. The summed E-state index contributed by atoms with van der Waals surface area (Å²) in [6, 6.07) is 30.2. The van der Waals surface area contributed by atoms with E-state index in [9.17, 15) is 4.79 Å². The van der Waals surface area contributed by atoms with Crippen LogP contribution < -0.4 is 5.32 Å². The van der Waals surface area contributed by atoms with E-state index in [2.05, 4.69) is 29.6 Å². The first-order chi connectivity index (χ1) is 14.3. The first-order valence-corrected chi connectivity index (χ1v) is 10.3. The number of anilines is 1. The molecule has 5 aromatic rings. The number of hydrogen-bond donors (Lipinski definition) is 1. The Morgan fingerprint density at radius 1 is 0.828 bits per heavy atom. The molecular weight excluding hydrogens is 376 g/mol. The molecule has 0 fully saturated rings. The smallest absolute Gasteiger partial charge is 0.228 e. The number of carbonyl (C=O) groups is 1. The van der Waals surface area contributed by atoms with Crippen molar-refractivity contribution in [1.82, 2.24) is 4.98 Å². The Hall–Kier alpha value is -3.50. The SMILES string of the molecule is O=C(Cc1cccc2ccccc12)Nc1ccccc1-c1nc2ccccc2s1. The molecule has 0 unspecified atom stereocenters. The van der Waals surface area contributed by atoms with Crippen LogP contribution in [0.25, 0.3) is 31.6 Å². The van der Waals surface area contributed by atoms with Crippen LogP contribution in [0.1, 0.15) is 5.56 Å². The van der Waals surface area contributed by atoms with Gasteiger partial charge in [0.2, 0.25) is 5.91 Å². The summed E-state index contributed by atoms with van der Waals surface area (Å²) in [5, 5.41) is 6.27. The van der Waals surface area contributed by atoms with Crippen molar-refractivity contribution in [2.24, 2.45) is 0 Å². The monoisotopic (exact) mass is 394 g/mol. The van der Waals surface area contributed by atoms with Crippen LogP contribution in [0.2, 0.25) is 0 Å². The summed E-state index contributed by atoms with van der Waals surface area (Å²) in [5.41, 5.74) is 3.74. The summed E-state index contributed by atoms with van der Waals surface area (Å²) in [6.45, 7) is 0. The van der Waals surface area contributed by atoms with Crippen molar-refractivity contribution < 1.29 is 4.79 Å². The lowest BCUT2D eigenvalue weighted by Gasteiger charge is -2.10. The van der Waals surface area contributed by atoms with Crippen LogP contribution in [0, 0.1) is 0 Å². The molecule has 29 heavy (non-hydrogen) atoms. The number of rotatable bonds is 4. The lowest BCUT2D eigenvalue weighted by atomic mass is 10.0. The Bertz CT molecular complexity index is 1300. The van der Waals surface area contributed by atoms with Crippen LogP contribution in [0.15, 0.2) is 91.0 Å². The highest BCUT2D eigenvalue weighted by Gasteiger charge is 2.13. The molecule has 1 amide bonds. The highest BCUT2D eigenvalue weighted by molar-refractivity contribution is 7.21. The summed E-state index contributed by atoms with van der Waals surface area (Å²) in [5.74, 6) is -0.0325. The molecule has 0 aliphatic heterocycles. The Balaban J connectivity index is 1.44. The molecule has 4 heteroatoms. The van der Waals surface area contributed by atoms with Crippen molar-refractivity contribution in [3.63, 3.8) is 0 Å². The average molecular weight is 394 g/mol. The van der Waals surface area contributed by atoms with Crippen LogP contribution in [0.4, 0.5) is 5.69 Å². The molecule has 5 rings (SSSR count). The van der Waals surface area contributed by atoms with E-state index in [0.29, 0.717) is 6.42 Å². The molecule has 1 heterocycles. The second kappa shape index (κ2) is 7.49. The van der Waals surface area contributed by atoms with E-state index in [1.165, 1.54) is 0 Å². The second-order valence-electron chi connectivity index (χ2n) is 6.90. The quantitative estimate of drug-likeness (QED) is 0.389. The zero-order valence-electron chi connectivity index (χ0n) is 15.6. The molecule has 0 bridgehead atoms. The summed E-state index contributed by atoms with van der Waals surface area (Å²) >= 11 is 1.64. The average Bonchev–Trinajstić information content (AvgIpc) is 3.18. The standard InChI is InChI=1S/C25H18N2OS/c28-24(16-18-10-7-9-17-8-1-2-11-19(17)18)26-21-13-4-3-12-20(21)25-27-22-14-5-6-15-23(22)29-25/h1-15H,16H2,(H,26,28). The molecule has 0 saturated heterocycles. The van der Waals surface area contributed by atoms with Crippen molar-refractivity contribution in [2.75, 3.05) is 5.32 Å². The van der Waals surface area contributed by atoms with E-state index < -0.39 is 0 Å². The number of nitrogens with zero attached hydrogens (tertiary/aromatic N) is 1. The Labute approximate surface area is 172 Å². The normalized spacial score (nSPS) is 11.0. The number of carbonyl (C=O) groups excluding carboxylic acids is 1. The number of thiazole rings is 1. The van der Waals surface area contributed by atoms with Crippen LogP contribution in [-0.4, -0.2) is 10.9 Å². The van der Waals surface area contributed by atoms with Crippen molar-refractivity contribution in [3.05, 3.63) is 96.6 Å². The third kappa shape index (κ3) is 3.50. The van der Waals surface area contributed by atoms with Gasteiger partial charge >= 0.3 is 0 Å². The van der Waals surface area contributed by atoms with Crippen LogP contribution >= 0.6 is 11.3 Å². The largest absolute Gasteiger partial charge is 0.325 e. The van der Waals surface area contributed by atoms with Crippen molar-refractivity contribution in [1.29, 1.82) is 0 Å². The van der Waals surface area contributed by atoms with Gasteiger partial charge in [0.1, 0.15) is 5.01 Å². The van der Waals surface area contributed by atoms with Gasteiger partial charge in [-0.3, -0.25) is 4.79 Å². The first-order valence-electron chi connectivity index (χ1n) is 9.49. The number of aromatic nitrogens is 1. The molecule has 0 radical (unpaired) electrons. The van der Waals surface area contributed by atoms with E-state index >= 15 is 0 Å². The van der Waals surface area contributed by atoms with Crippen LogP contribution in [-0.2, 0) is 11.2 Å². The Morgan fingerprint density at radius 3 is 2.52 bits per heavy atom. The van der Waals surface area contributed by atoms with Gasteiger partial charge in [-0.25, -0.2) is 4.98 Å². The Morgan fingerprint density at radius 2 is 1.59 bits per heavy atom. The van der Waals surface area contributed by atoms with Gasteiger partial charge in [0.25, 0.3) is 0 Å². The minimum absolute atomic E-state index is 0.0325. The van der Waals surface area contributed by atoms with Gasteiger partial charge in [-0.05, 0) is 40.6 Å². The summed E-state index contributed by atoms with van der Waals surface area (Å²) in [6.07, 6.45) is 0.329. The maximum Gasteiger partial charge on any atom is 0.228 e. The lowest BCUT2D eigenvalue weighted by Crippen LogP contribution is -2.15. The van der Waals surface area contributed by atoms with Gasteiger partial charge in [0.05, 0.1) is 22.3 Å². The molecule has 4 aromatic carbocycles. The molecule has 1 aromatic heterocycles. The summed E-state index contributed by atoms with van der Waals surface area (Å²) in [7, 11) is 0. The van der Waals surface area contributed by atoms with Gasteiger partial charge < -0.3 is 5.32 Å². The fourth-order valence-electron chi connectivity index (χ4n) is 3.58. The third-order valence-electron chi connectivity index (χ3n) is 4.96. The van der Waals surface area contributed by atoms with Gasteiger partial charge in [0.15, 0.2) is 0 Å². The number of para-hydroxylation sites is 2. The summed E-state index contributed by atoms with van der Waals surface area (Å²) in [4.78, 5) is 17.6. The zero-order valence-corrected chi connectivity index (χ0v) is 16.4. The fraction of sp³-hybridized carbons (Fsp3) is 0.0400. The third-order valence-corrected chi connectivity index (χ3v) is 6.03. The molecule has 1 N–H and O–H groups in total. The highest BCUT2D eigenvalue weighted by Crippen LogP contribution is 2.34. The lowest BCUT2D eigenvalue weighted by molar-refractivity contribution is -0.115. The number of fused-ring (bicyclic) bond motifs is 2. The second-order valence-corrected chi connectivity index (χ2v) is 7.93. The minimum atomic E-state index is -0.0325.